The Kier molecular flexibility index (Phi) is 6.56. The Balaban J connectivity index is 1.98. The van der Waals surface area contributed by atoms with E-state index in [1.54, 1.807) is 37.3 Å². The first kappa shape index (κ1) is 20.9. The van der Waals surface area contributed by atoms with E-state index in [1.807, 2.05) is 0 Å². The van der Waals surface area contributed by atoms with Crippen molar-refractivity contribution in [1.29, 1.82) is 0 Å². The van der Waals surface area contributed by atoms with Crippen molar-refractivity contribution in [3.05, 3.63) is 82.1 Å². The van der Waals surface area contributed by atoms with Gasteiger partial charge in [0.15, 0.2) is 5.78 Å². The number of hydrogen-bond donors (Lipinski definition) is 2. The van der Waals surface area contributed by atoms with Crippen molar-refractivity contribution in [2.45, 2.75) is 25.5 Å². The van der Waals surface area contributed by atoms with Crippen LogP contribution in [-0.2, 0) is 9.59 Å². The van der Waals surface area contributed by atoms with Crippen molar-refractivity contribution < 1.29 is 19.1 Å². The maximum atomic E-state index is 13.7. The predicted octanol–water partition coefficient (Wildman–Crippen LogP) is 3.41. The molecular formula is C22H20ClFN2O3. The summed E-state index contributed by atoms with van der Waals surface area (Å²) in [5.74, 6) is -1.56. The van der Waals surface area contributed by atoms with Crippen LogP contribution in [0.5, 0.6) is 0 Å². The van der Waals surface area contributed by atoms with E-state index in [9.17, 15) is 19.1 Å². The van der Waals surface area contributed by atoms with Gasteiger partial charge in [-0.15, -0.1) is 0 Å². The molecule has 150 valence electrons. The van der Waals surface area contributed by atoms with E-state index in [0.29, 0.717) is 28.3 Å². The molecule has 29 heavy (non-hydrogen) atoms. The van der Waals surface area contributed by atoms with E-state index in [-0.39, 0.29) is 12.1 Å². The van der Waals surface area contributed by atoms with E-state index in [2.05, 4.69) is 10.3 Å². The van der Waals surface area contributed by atoms with Gasteiger partial charge >= 0.3 is 0 Å². The fourth-order valence-corrected chi connectivity index (χ4v) is 3.06. The molecule has 7 heteroatoms. The summed E-state index contributed by atoms with van der Waals surface area (Å²) in [7, 11) is 0. The molecule has 1 heterocycles. The van der Waals surface area contributed by atoms with Crippen LogP contribution in [-0.4, -0.2) is 35.2 Å². The number of halogens is 2. The summed E-state index contributed by atoms with van der Waals surface area (Å²) in [6.07, 6.45) is 1.22. The molecule has 0 saturated carbocycles. The Morgan fingerprint density at radius 3 is 2.66 bits per heavy atom. The SMILES string of the molecule is CC(O)CCNC(=O)C1=CC(c2ccc(Cl)cc2)=NC(c2cccc(F)c2)C1=O. The highest BCUT2D eigenvalue weighted by molar-refractivity contribution is 6.31. The predicted molar refractivity (Wildman–Crippen MR) is 110 cm³/mol. The maximum absolute atomic E-state index is 13.7. The van der Waals surface area contributed by atoms with Gasteiger partial charge in [-0.3, -0.25) is 14.6 Å². The number of Topliss-reactive ketones (excluding diaryl/α,β-unsaturated/α-hetero) is 1. The fourth-order valence-electron chi connectivity index (χ4n) is 2.94. The first-order chi connectivity index (χ1) is 13.8. The summed E-state index contributed by atoms with van der Waals surface area (Å²) >= 11 is 5.94. The molecule has 2 N–H and O–H groups in total. The number of aliphatic hydroxyl groups is 1. The third-order valence-electron chi connectivity index (χ3n) is 4.46. The van der Waals surface area contributed by atoms with E-state index in [1.165, 1.54) is 24.3 Å². The topological polar surface area (TPSA) is 78.8 Å². The number of carbonyl (C=O) groups excluding carboxylic acids is 2. The van der Waals surface area contributed by atoms with Crippen molar-refractivity contribution in [3.63, 3.8) is 0 Å². The third kappa shape index (κ3) is 5.16. The van der Waals surface area contributed by atoms with Crippen LogP contribution in [0.25, 0.3) is 0 Å². The van der Waals surface area contributed by atoms with E-state index < -0.39 is 29.7 Å². The number of amides is 1. The van der Waals surface area contributed by atoms with Gasteiger partial charge in [0.1, 0.15) is 11.9 Å². The van der Waals surface area contributed by atoms with Gasteiger partial charge < -0.3 is 10.4 Å². The van der Waals surface area contributed by atoms with Crippen LogP contribution in [0, 0.1) is 5.82 Å². The Morgan fingerprint density at radius 1 is 1.28 bits per heavy atom. The monoisotopic (exact) mass is 414 g/mol. The largest absolute Gasteiger partial charge is 0.393 e. The molecule has 2 atom stereocenters. The molecule has 0 saturated heterocycles. The highest BCUT2D eigenvalue weighted by Crippen LogP contribution is 2.28. The third-order valence-corrected chi connectivity index (χ3v) is 4.71. The van der Waals surface area contributed by atoms with Gasteiger partial charge in [0, 0.05) is 11.6 Å². The van der Waals surface area contributed by atoms with Gasteiger partial charge in [0.2, 0.25) is 0 Å². The zero-order valence-electron chi connectivity index (χ0n) is 15.7. The molecule has 2 unspecified atom stereocenters. The normalized spacial score (nSPS) is 17.4. The van der Waals surface area contributed by atoms with Gasteiger partial charge in [0.05, 0.1) is 17.4 Å². The lowest BCUT2D eigenvalue weighted by Gasteiger charge is -2.21. The number of nitrogens with one attached hydrogen (secondary N) is 1. The number of dihydropyridines is 1. The summed E-state index contributed by atoms with van der Waals surface area (Å²) in [5.41, 5.74) is 1.41. The average molecular weight is 415 g/mol. The molecule has 2 aromatic carbocycles. The van der Waals surface area contributed by atoms with Gasteiger partial charge in [-0.1, -0.05) is 35.9 Å². The molecule has 3 rings (SSSR count). The lowest BCUT2D eigenvalue weighted by molar-refractivity contribution is -0.123. The van der Waals surface area contributed by atoms with Crippen LogP contribution in [0.3, 0.4) is 0 Å². The molecule has 1 aliphatic rings. The van der Waals surface area contributed by atoms with Gasteiger partial charge in [-0.2, -0.15) is 0 Å². The second-order valence-electron chi connectivity index (χ2n) is 6.79. The van der Waals surface area contributed by atoms with E-state index in [4.69, 9.17) is 11.6 Å². The molecule has 5 nitrogen and oxygen atoms in total. The minimum absolute atomic E-state index is 0.0650. The summed E-state index contributed by atoms with van der Waals surface area (Å²) < 4.78 is 13.7. The number of hydrogen-bond acceptors (Lipinski definition) is 4. The lowest BCUT2D eigenvalue weighted by atomic mass is 9.91. The molecule has 0 aromatic heterocycles. The van der Waals surface area contributed by atoms with Crippen LogP contribution in [0.15, 0.2) is 65.2 Å². The molecule has 0 aliphatic carbocycles. The molecule has 2 aromatic rings. The number of benzene rings is 2. The Morgan fingerprint density at radius 2 is 2.00 bits per heavy atom. The fraction of sp³-hybridized carbons (Fsp3) is 0.227. The molecule has 0 bridgehead atoms. The minimum atomic E-state index is -1.03. The number of rotatable bonds is 6. The van der Waals surface area contributed by atoms with E-state index >= 15 is 0 Å². The van der Waals surface area contributed by atoms with Crippen molar-refractivity contribution in [2.24, 2.45) is 4.99 Å². The Bertz CT molecular complexity index is 984. The molecule has 0 radical (unpaired) electrons. The highest BCUT2D eigenvalue weighted by Gasteiger charge is 2.32. The molecule has 0 spiro atoms. The van der Waals surface area contributed by atoms with Crippen LogP contribution in [0.4, 0.5) is 4.39 Å². The second kappa shape index (κ2) is 9.11. The second-order valence-corrected chi connectivity index (χ2v) is 7.23. The summed E-state index contributed by atoms with van der Waals surface area (Å²) in [6.45, 7) is 1.83. The number of aliphatic imine (C=N–C) groups is 1. The zero-order valence-corrected chi connectivity index (χ0v) is 16.5. The molecule has 1 amide bonds. The average Bonchev–Trinajstić information content (AvgIpc) is 2.68. The quantitative estimate of drug-likeness (QED) is 0.711. The van der Waals surface area contributed by atoms with Crippen LogP contribution in [0.1, 0.15) is 30.5 Å². The maximum Gasteiger partial charge on any atom is 0.255 e. The van der Waals surface area contributed by atoms with Crippen molar-refractivity contribution in [1.82, 2.24) is 5.32 Å². The van der Waals surface area contributed by atoms with Crippen molar-refractivity contribution in [3.8, 4) is 0 Å². The summed E-state index contributed by atoms with van der Waals surface area (Å²) in [6, 6.07) is 11.4. The van der Waals surface area contributed by atoms with Crippen LogP contribution < -0.4 is 5.32 Å². The van der Waals surface area contributed by atoms with Crippen LogP contribution in [0.2, 0.25) is 5.02 Å². The number of nitrogens with zero attached hydrogens (tertiary/aromatic N) is 1. The lowest BCUT2D eigenvalue weighted by Crippen LogP contribution is -2.34. The van der Waals surface area contributed by atoms with Gasteiger partial charge in [0.25, 0.3) is 5.91 Å². The highest BCUT2D eigenvalue weighted by atomic mass is 35.5. The van der Waals surface area contributed by atoms with Gasteiger partial charge in [-0.05, 0) is 54.8 Å². The number of aliphatic hydroxyl groups excluding tert-OH is 1. The first-order valence-electron chi connectivity index (χ1n) is 9.16. The zero-order chi connectivity index (χ0) is 21.0. The number of allylic oxidation sites excluding steroid dienone is 1. The standard InChI is InChI=1S/C22H20ClFN2O3/c1-13(27)9-10-25-22(29)18-12-19(14-5-7-16(23)8-6-14)26-20(21(18)28)15-3-2-4-17(24)11-15/h2-8,11-13,20,27H,9-10H2,1H3,(H,25,29). The molecule has 1 aliphatic heterocycles. The number of carbonyl (C=O) groups is 2. The smallest absolute Gasteiger partial charge is 0.255 e. The molecule has 0 fully saturated rings. The first-order valence-corrected chi connectivity index (χ1v) is 9.54. The molecular weight excluding hydrogens is 395 g/mol. The van der Waals surface area contributed by atoms with Crippen LogP contribution >= 0.6 is 11.6 Å². The van der Waals surface area contributed by atoms with Crippen molar-refractivity contribution >= 4 is 29.0 Å². The number of ketones is 1. The van der Waals surface area contributed by atoms with E-state index in [0.717, 1.165) is 0 Å². The Labute approximate surface area is 172 Å². The summed E-state index contributed by atoms with van der Waals surface area (Å²) in [4.78, 5) is 30.1. The summed E-state index contributed by atoms with van der Waals surface area (Å²) in [5, 5.41) is 12.5. The minimum Gasteiger partial charge on any atom is -0.393 e. The van der Waals surface area contributed by atoms with Gasteiger partial charge in [-0.25, -0.2) is 4.39 Å². The van der Waals surface area contributed by atoms with Crippen molar-refractivity contribution in [2.75, 3.05) is 6.54 Å². The Hall–Kier alpha value is -2.83.